The van der Waals surface area contributed by atoms with Gasteiger partial charge in [0.1, 0.15) is 6.04 Å². The zero-order valence-electron chi connectivity index (χ0n) is 14.8. The van der Waals surface area contributed by atoms with Crippen molar-refractivity contribution in [1.29, 1.82) is 0 Å². The molecular weight excluding hydrogens is 290 g/mol. The van der Waals surface area contributed by atoms with Crippen LogP contribution in [0.15, 0.2) is 30.3 Å². The molecule has 1 unspecified atom stereocenters. The first-order chi connectivity index (χ1) is 10.7. The summed E-state index contributed by atoms with van der Waals surface area (Å²) in [5.74, 6) is -0.390. The molecule has 1 atom stereocenters. The molecule has 128 valence electrons. The summed E-state index contributed by atoms with van der Waals surface area (Å²) in [6.07, 6.45) is 0. The van der Waals surface area contributed by atoms with E-state index in [-0.39, 0.29) is 29.8 Å². The van der Waals surface area contributed by atoms with Crippen molar-refractivity contribution >= 4 is 11.8 Å². The molecular formula is C18H29N3O2. The van der Waals surface area contributed by atoms with Crippen LogP contribution < -0.4 is 11.1 Å². The van der Waals surface area contributed by atoms with E-state index in [1.165, 1.54) is 0 Å². The molecule has 1 aromatic rings. The van der Waals surface area contributed by atoms with Crippen LogP contribution in [0.5, 0.6) is 0 Å². The quantitative estimate of drug-likeness (QED) is 0.841. The van der Waals surface area contributed by atoms with Gasteiger partial charge in [0.15, 0.2) is 0 Å². The molecule has 0 heterocycles. The van der Waals surface area contributed by atoms with E-state index in [0.717, 1.165) is 5.56 Å². The van der Waals surface area contributed by atoms with Crippen LogP contribution in [0.4, 0.5) is 0 Å². The highest BCUT2D eigenvalue weighted by Crippen LogP contribution is 2.17. The molecule has 0 radical (unpaired) electrons. The number of carbonyl (C=O) groups is 2. The summed E-state index contributed by atoms with van der Waals surface area (Å²) in [6, 6.07) is 9.09. The zero-order chi connectivity index (χ0) is 17.6. The molecule has 0 bridgehead atoms. The van der Waals surface area contributed by atoms with E-state index in [1.54, 1.807) is 4.90 Å². The number of nitrogens with one attached hydrogen (secondary N) is 1. The van der Waals surface area contributed by atoms with E-state index in [2.05, 4.69) is 5.32 Å². The lowest BCUT2D eigenvalue weighted by Gasteiger charge is -2.35. The predicted molar refractivity (Wildman–Crippen MR) is 92.6 cm³/mol. The Bertz CT molecular complexity index is 521. The largest absolute Gasteiger partial charge is 0.350 e. The standard InChI is InChI=1S/C18H29N3O2/c1-13(2)16(17(23)20-18(3,4)5)21(15(22)11-19)12-14-9-7-6-8-10-14/h6-10,13,16H,11-12,19H2,1-5H3,(H,20,23). The van der Waals surface area contributed by atoms with Crippen molar-refractivity contribution in [2.45, 2.75) is 52.7 Å². The van der Waals surface area contributed by atoms with Crippen LogP contribution in [-0.4, -0.2) is 34.8 Å². The first-order valence-corrected chi connectivity index (χ1v) is 8.01. The lowest BCUT2D eigenvalue weighted by Crippen LogP contribution is -2.56. The zero-order valence-corrected chi connectivity index (χ0v) is 14.8. The monoisotopic (exact) mass is 319 g/mol. The highest BCUT2D eigenvalue weighted by atomic mass is 16.2. The SMILES string of the molecule is CC(C)C(C(=O)NC(C)(C)C)N(Cc1ccccc1)C(=O)CN. The molecule has 0 aliphatic carbocycles. The molecule has 0 spiro atoms. The minimum Gasteiger partial charge on any atom is -0.350 e. The number of hydrogen-bond donors (Lipinski definition) is 2. The number of benzene rings is 1. The summed E-state index contributed by atoms with van der Waals surface area (Å²) in [5, 5.41) is 2.97. The Morgan fingerprint density at radius 2 is 1.74 bits per heavy atom. The third-order valence-corrected chi connectivity index (χ3v) is 3.42. The van der Waals surface area contributed by atoms with Gasteiger partial charge in [0.2, 0.25) is 11.8 Å². The number of nitrogens with zero attached hydrogens (tertiary/aromatic N) is 1. The van der Waals surface area contributed by atoms with Crippen molar-refractivity contribution in [3.63, 3.8) is 0 Å². The fourth-order valence-electron chi connectivity index (χ4n) is 2.49. The molecule has 0 aromatic heterocycles. The van der Waals surface area contributed by atoms with Gasteiger partial charge in [0.05, 0.1) is 6.54 Å². The van der Waals surface area contributed by atoms with Crippen molar-refractivity contribution in [2.75, 3.05) is 6.54 Å². The molecule has 1 aromatic carbocycles. The first-order valence-electron chi connectivity index (χ1n) is 8.01. The number of carbonyl (C=O) groups excluding carboxylic acids is 2. The molecule has 3 N–H and O–H groups in total. The summed E-state index contributed by atoms with van der Waals surface area (Å²) < 4.78 is 0. The average molecular weight is 319 g/mol. The Kier molecular flexibility index (Phi) is 6.76. The third kappa shape index (κ3) is 6.02. The third-order valence-electron chi connectivity index (χ3n) is 3.42. The van der Waals surface area contributed by atoms with E-state index in [4.69, 9.17) is 5.73 Å². The lowest BCUT2D eigenvalue weighted by molar-refractivity contribution is -0.142. The van der Waals surface area contributed by atoms with Crippen LogP contribution in [0.2, 0.25) is 0 Å². The Morgan fingerprint density at radius 1 is 1.17 bits per heavy atom. The van der Waals surface area contributed by atoms with Crippen molar-refractivity contribution in [1.82, 2.24) is 10.2 Å². The van der Waals surface area contributed by atoms with Crippen molar-refractivity contribution in [3.05, 3.63) is 35.9 Å². The second kappa shape index (κ2) is 8.11. The minimum atomic E-state index is -0.550. The van der Waals surface area contributed by atoms with Gasteiger partial charge in [-0.05, 0) is 32.3 Å². The van der Waals surface area contributed by atoms with Crippen LogP contribution in [0.1, 0.15) is 40.2 Å². The molecule has 0 fully saturated rings. The Hall–Kier alpha value is -1.88. The predicted octanol–water partition coefficient (Wildman–Crippen LogP) is 1.91. The minimum absolute atomic E-state index is 0.0171. The van der Waals surface area contributed by atoms with Crippen molar-refractivity contribution in [2.24, 2.45) is 11.7 Å². The summed E-state index contributed by atoms with van der Waals surface area (Å²) >= 11 is 0. The van der Waals surface area contributed by atoms with Crippen molar-refractivity contribution < 1.29 is 9.59 Å². The summed E-state index contributed by atoms with van der Waals surface area (Å²) in [6.45, 7) is 9.91. The number of nitrogens with two attached hydrogens (primary N) is 1. The van der Waals surface area contributed by atoms with E-state index in [1.807, 2.05) is 65.0 Å². The van der Waals surface area contributed by atoms with Gasteiger partial charge in [-0.25, -0.2) is 0 Å². The molecule has 0 saturated heterocycles. The molecule has 2 amide bonds. The van der Waals surface area contributed by atoms with Gasteiger partial charge >= 0.3 is 0 Å². The second-order valence-corrected chi connectivity index (χ2v) is 7.14. The van der Waals surface area contributed by atoms with Gasteiger partial charge in [-0.3, -0.25) is 9.59 Å². The maximum atomic E-state index is 12.7. The maximum Gasteiger partial charge on any atom is 0.243 e. The topological polar surface area (TPSA) is 75.4 Å². The smallest absolute Gasteiger partial charge is 0.243 e. The van der Waals surface area contributed by atoms with Gasteiger partial charge in [0.25, 0.3) is 0 Å². The van der Waals surface area contributed by atoms with Crippen LogP contribution >= 0.6 is 0 Å². The fraction of sp³-hybridized carbons (Fsp3) is 0.556. The normalized spacial score (nSPS) is 12.8. The highest BCUT2D eigenvalue weighted by Gasteiger charge is 2.33. The molecule has 1 rings (SSSR count). The highest BCUT2D eigenvalue weighted by molar-refractivity contribution is 5.88. The lowest BCUT2D eigenvalue weighted by atomic mass is 9.98. The van der Waals surface area contributed by atoms with Crippen LogP contribution in [0, 0.1) is 5.92 Å². The van der Waals surface area contributed by atoms with Gasteiger partial charge < -0.3 is 16.0 Å². The molecule has 23 heavy (non-hydrogen) atoms. The molecule has 5 nitrogen and oxygen atoms in total. The van der Waals surface area contributed by atoms with E-state index in [0.29, 0.717) is 6.54 Å². The van der Waals surface area contributed by atoms with Gasteiger partial charge in [-0.2, -0.15) is 0 Å². The second-order valence-electron chi connectivity index (χ2n) is 7.14. The molecule has 0 aliphatic heterocycles. The number of rotatable bonds is 6. The molecule has 0 saturated carbocycles. The number of hydrogen-bond acceptors (Lipinski definition) is 3. The first kappa shape index (κ1) is 19.2. The Morgan fingerprint density at radius 3 is 2.17 bits per heavy atom. The van der Waals surface area contributed by atoms with Crippen LogP contribution in [0.25, 0.3) is 0 Å². The summed E-state index contributed by atoms with van der Waals surface area (Å²) in [7, 11) is 0. The molecule has 0 aliphatic rings. The van der Waals surface area contributed by atoms with Gasteiger partial charge in [-0.1, -0.05) is 44.2 Å². The maximum absolute atomic E-state index is 12.7. The number of amides is 2. The van der Waals surface area contributed by atoms with E-state index >= 15 is 0 Å². The molecule has 5 heteroatoms. The average Bonchev–Trinajstić information content (AvgIpc) is 2.44. The Labute approximate surface area is 139 Å². The van der Waals surface area contributed by atoms with Crippen LogP contribution in [-0.2, 0) is 16.1 Å². The summed E-state index contributed by atoms with van der Waals surface area (Å²) in [4.78, 5) is 26.6. The Balaban J connectivity index is 3.08. The van der Waals surface area contributed by atoms with E-state index in [9.17, 15) is 9.59 Å². The fourth-order valence-corrected chi connectivity index (χ4v) is 2.49. The van der Waals surface area contributed by atoms with Gasteiger partial charge in [0, 0.05) is 12.1 Å². The van der Waals surface area contributed by atoms with E-state index < -0.39 is 6.04 Å². The van der Waals surface area contributed by atoms with Gasteiger partial charge in [-0.15, -0.1) is 0 Å². The summed E-state index contributed by atoms with van der Waals surface area (Å²) in [5.41, 5.74) is 6.19. The van der Waals surface area contributed by atoms with Crippen LogP contribution in [0.3, 0.4) is 0 Å². The van der Waals surface area contributed by atoms with Crippen molar-refractivity contribution in [3.8, 4) is 0 Å².